The predicted molar refractivity (Wildman–Crippen MR) is 138 cm³/mol. The minimum absolute atomic E-state index is 0.0824. The lowest BCUT2D eigenvalue weighted by Gasteiger charge is -2.51. The molecule has 3 aliphatic heterocycles. The maximum atomic E-state index is 6.92. The first kappa shape index (κ1) is 21.5. The average Bonchev–Trinajstić information content (AvgIpc) is 2.87. The van der Waals surface area contributed by atoms with Crippen molar-refractivity contribution in [2.45, 2.75) is 52.2 Å². The molecule has 0 N–H and O–H groups in total. The minimum Gasteiger partial charge on any atom is -0.468 e. The Morgan fingerprint density at radius 3 is 2.74 bits per heavy atom. The van der Waals surface area contributed by atoms with Crippen LogP contribution in [-0.4, -0.2) is 34.0 Å². The molecular weight excluding hydrogens is 418 g/mol. The molecule has 2 bridgehead atoms. The van der Waals surface area contributed by atoms with Crippen molar-refractivity contribution in [3.63, 3.8) is 0 Å². The maximum absolute atomic E-state index is 6.92. The molecule has 2 aromatic carbocycles. The fourth-order valence-electron chi connectivity index (χ4n) is 6.34. The van der Waals surface area contributed by atoms with Gasteiger partial charge >= 0.3 is 0 Å². The number of aryl methyl sites for hydroxylation is 2. The van der Waals surface area contributed by atoms with E-state index in [1.165, 1.54) is 53.3 Å². The van der Waals surface area contributed by atoms with E-state index in [0.29, 0.717) is 11.9 Å². The number of para-hydroxylation sites is 1. The number of hydrogen-bond acceptors (Lipinski definition) is 4. The molecule has 0 saturated carbocycles. The van der Waals surface area contributed by atoms with Crippen molar-refractivity contribution in [2.75, 3.05) is 13.1 Å². The molecule has 5 heterocycles. The van der Waals surface area contributed by atoms with Crippen LogP contribution in [0.25, 0.3) is 21.8 Å². The van der Waals surface area contributed by atoms with Crippen LogP contribution in [0.15, 0.2) is 60.8 Å². The van der Waals surface area contributed by atoms with Crippen molar-refractivity contribution in [1.29, 1.82) is 0 Å². The molecule has 0 aliphatic carbocycles. The lowest BCUT2D eigenvalue weighted by molar-refractivity contribution is -0.0492. The van der Waals surface area contributed by atoms with Crippen molar-refractivity contribution in [2.24, 2.45) is 11.8 Å². The number of ether oxygens (including phenoxy) is 1. The largest absolute Gasteiger partial charge is 0.468 e. The van der Waals surface area contributed by atoms with Gasteiger partial charge in [0.05, 0.1) is 17.1 Å². The van der Waals surface area contributed by atoms with E-state index < -0.39 is 0 Å². The summed E-state index contributed by atoms with van der Waals surface area (Å²) < 4.78 is 6.92. The van der Waals surface area contributed by atoms with Gasteiger partial charge < -0.3 is 4.74 Å². The molecule has 4 heteroatoms. The van der Waals surface area contributed by atoms with Crippen LogP contribution >= 0.6 is 0 Å². The molecule has 0 amide bonds. The van der Waals surface area contributed by atoms with Gasteiger partial charge in [-0.05, 0) is 74.9 Å². The van der Waals surface area contributed by atoms with Gasteiger partial charge in [0.2, 0.25) is 5.88 Å². The van der Waals surface area contributed by atoms with Crippen LogP contribution in [0.2, 0.25) is 0 Å². The van der Waals surface area contributed by atoms with Crippen LogP contribution < -0.4 is 4.74 Å². The SMILES string of the molecule is CCC1CN2CC[C@@H]1C[C@H]2[C@H](Oc1cc(C)c2ccccc2n1)c1ccnc2ccc(C)cc12. The number of fused-ring (bicyclic) bond motifs is 5. The molecule has 2 aromatic heterocycles. The first-order valence-corrected chi connectivity index (χ1v) is 12.7. The monoisotopic (exact) mass is 451 g/mol. The van der Waals surface area contributed by atoms with Crippen molar-refractivity contribution >= 4 is 21.8 Å². The molecule has 7 rings (SSSR count). The standard InChI is InChI=1S/C30H33N3O/c1-4-21-18-33-14-12-22(21)17-28(33)30(24-11-13-31-26-10-9-19(2)15-25(24)26)34-29-16-20(3)23-7-5-6-8-27(23)32-29/h5-11,13,15-16,21-22,28,30H,4,12,14,17-18H2,1-3H3/t21?,22-,28+,30-/m1/s1. The van der Waals surface area contributed by atoms with Gasteiger partial charge in [0.25, 0.3) is 0 Å². The summed E-state index contributed by atoms with van der Waals surface area (Å²) in [4.78, 5) is 12.3. The number of piperidine rings is 3. The highest BCUT2D eigenvalue weighted by atomic mass is 16.5. The first-order valence-electron chi connectivity index (χ1n) is 12.7. The Hall–Kier alpha value is -2.98. The number of benzene rings is 2. The number of nitrogens with zero attached hydrogens (tertiary/aromatic N) is 3. The topological polar surface area (TPSA) is 38.2 Å². The van der Waals surface area contributed by atoms with Crippen LogP contribution in [0.5, 0.6) is 5.88 Å². The molecule has 4 nitrogen and oxygen atoms in total. The second-order valence-corrected chi connectivity index (χ2v) is 10.3. The molecule has 2 unspecified atom stereocenters. The first-order chi connectivity index (χ1) is 16.6. The van der Waals surface area contributed by atoms with E-state index >= 15 is 0 Å². The van der Waals surface area contributed by atoms with Crippen LogP contribution in [0.1, 0.15) is 49.0 Å². The van der Waals surface area contributed by atoms with Gasteiger partial charge in [-0.2, -0.15) is 0 Å². The zero-order valence-electron chi connectivity index (χ0n) is 20.4. The van der Waals surface area contributed by atoms with Crippen LogP contribution in [-0.2, 0) is 0 Å². The molecule has 0 spiro atoms. The Morgan fingerprint density at radius 2 is 1.91 bits per heavy atom. The third kappa shape index (κ3) is 3.74. The van der Waals surface area contributed by atoms with Crippen LogP contribution in [0.3, 0.4) is 0 Å². The number of aromatic nitrogens is 2. The van der Waals surface area contributed by atoms with Gasteiger partial charge in [0.15, 0.2) is 0 Å². The Morgan fingerprint density at radius 1 is 1.03 bits per heavy atom. The van der Waals surface area contributed by atoms with E-state index in [9.17, 15) is 0 Å². The van der Waals surface area contributed by atoms with Crippen molar-refractivity contribution < 1.29 is 4.74 Å². The number of pyridine rings is 2. The van der Waals surface area contributed by atoms with Crippen molar-refractivity contribution in [1.82, 2.24) is 14.9 Å². The minimum atomic E-state index is -0.0824. The van der Waals surface area contributed by atoms with E-state index in [1.807, 2.05) is 12.3 Å². The molecule has 5 atom stereocenters. The third-order valence-electron chi connectivity index (χ3n) is 8.19. The van der Waals surface area contributed by atoms with E-state index in [4.69, 9.17) is 9.72 Å². The predicted octanol–water partition coefficient (Wildman–Crippen LogP) is 6.64. The highest BCUT2D eigenvalue weighted by Gasteiger charge is 2.44. The molecule has 3 saturated heterocycles. The summed E-state index contributed by atoms with van der Waals surface area (Å²) in [7, 11) is 0. The Balaban J connectivity index is 1.46. The summed E-state index contributed by atoms with van der Waals surface area (Å²) >= 11 is 0. The summed E-state index contributed by atoms with van der Waals surface area (Å²) in [5.74, 6) is 2.31. The lowest BCUT2D eigenvalue weighted by Crippen LogP contribution is -2.56. The highest BCUT2D eigenvalue weighted by Crippen LogP contribution is 2.44. The van der Waals surface area contributed by atoms with Gasteiger partial charge in [0, 0.05) is 35.1 Å². The van der Waals surface area contributed by atoms with E-state index in [1.54, 1.807) is 0 Å². The summed E-state index contributed by atoms with van der Waals surface area (Å²) in [5.41, 5.74) is 5.69. The third-order valence-corrected chi connectivity index (χ3v) is 8.19. The molecular formula is C30H33N3O. The van der Waals surface area contributed by atoms with E-state index in [0.717, 1.165) is 29.4 Å². The zero-order valence-corrected chi connectivity index (χ0v) is 20.4. The lowest BCUT2D eigenvalue weighted by atomic mass is 9.72. The molecule has 3 fully saturated rings. The summed E-state index contributed by atoms with van der Waals surface area (Å²) in [6.45, 7) is 8.99. The highest BCUT2D eigenvalue weighted by molar-refractivity contribution is 5.84. The number of rotatable bonds is 5. The summed E-state index contributed by atoms with van der Waals surface area (Å²) in [5, 5.41) is 2.38. The fraction of sp³-hybridized carbons (Fsp3) is 0.400. The van der Waals surface area contributed by atoms with E-state index in [2.05, 4.69) is 79.2 Å². The second-order valence-electron chi connectivity index (χ2n) is 10.3. The quantitative estimate of drug-likeness (QED) is 0.341. The molecule has 0 radical (unpaired) electrons. The van der Waals surface area contributed by atoms with Crippen LogP contribution in [0, 0.1) is 25.7 Å². The smallest absolute Gasteiger partial charge is 0.214 e. The van der Waals surface area contributed by atoms with Crippen molar-refractivity contribution in [3.8, 4) is 5.88 Å². The number of hydrogen-bond donors (Lipinski definition) is 0. The second kappa shape index (κ2) is 8.66. The van der Waals surface area contributed by atoms with Gasteiger partial charge in [-0.1, -0.05) is 43.2 Å². The Bertz CT molecular complexity index is 1350. The van der Waals surface area contributed by atoms with Gasteiger partial charge in [-0.3, -0.25) is 9.88 Å². The van der Waals surface area contributed by atoms with Gasteiger partial charge in [-0.15, -0.1) is 0 Å². The Labute approximate surface area is 202 Å². The maximum Gasteiger partial charge on any atom is 0.214 e. The van der Waals surface area contributed by atoms with Gasteiger partial charge in [-0.25, -0.2) is 4.98 Å². The van der Waals surface area contributed by atoms with Gasteiger partial charge in [0.1, 0.15) is 6.10 Å². The molecule has 174 valence electrons. The van der Waals surface area contributed by atoms with Crippen LogP contribution in [0.4, 0.5) is 0 Å². The summed E-state index contributed by atoms with van der Waals surface area (Å²) in [6, 6.07) is 19.5. The zero-order chi connectivity index (χ0) is 23.2. The normalized spacial score (nSPS) is 25.0. The van der Waals surface area contributed by atoms with E-state index in [-0.39, 0.29) is 6.10 Å². The summed E-state index contributed by atoms with van der Waals surface area (Å²) in [6.07, 6.45) is 5.62. The average molecular weight is 452 g/mol. The molecule has 34 heavy (non-hydrogen) atoms. The molecule has 3 aliphatic rings. The fourth-order valence-corrected chi connectivity index (χ4v) is 6.34. The molecule has 4 aromatic rings. The Kier molecular flexibility index (Phi) is 5.49. The van der Waals surface area contributed by atoms with Crippen molar-refractivity contribution in [3.05, 3.63) is 77.5 Å².